The third-order valence-corrected chi connectivity index (χ3v) is 3.33. The molecule has 0 spiro atoms. The number of carbonyl (C=O) groups excluding carboxylic acids is 1. The van der Waals surface area contributed by atoms with Crippen molar-refractivity contribution in [2.24, 2.45) is 0 Å². The van der Waals surface area contributed by atoms with Crippen molar-refractivity contribution in [2.45, 2.75) is 31.8 Å². The quantitative estimate of drug-likeness (QED) is 0.791. The first kappa shape index (κ1) is 13.9. The molecular formula is C15H20O4. The van der Waals surface area contributed by atoms with Crippen LogP contribution in [0.1, 0.15) is 24.8 Å². The molecule has 4 heteroatoms. The van der Waals surface area contributed by atoms with Gasteiger partial charge in [0.1, 0.15) is 5.78 Å². The van der Waals surface area contributed by atoms with Crippen molar-refractivity contribution >= 4 is 5.78 Å². The summed E-state index contributed by atoms with van der Waals surface area (Å²) in [6.45, 7) is 0.786. The summed E-state index contributed by atoms with van der Waals surface area (Å²) < 4.78 is 15.9. The number of Topliss-reactive ketones (excluding diaryl/α,β-unsaturated/α-hetero) is 1. The SMILES string of the molecule is COc1ccc(CC(=O)CC2CCCO2)cc1OC. The van der Waals surface area contributed by atoms with E-state index in [1.807, 2.05) is 18.2 Å². The molecule has 1 unspecified atom stereocenters. The van der Waals surface area contributed by atoms with Crippen LogP contribution in [-0.2, 0) is 16.0 Å². The van der Waals surface area contributed by atoms with Gasteiger partial charge in [-0.3, -0.25) is 4.79 Å². The summed E-state index contributed by atoms with van der Waals surface area (Å²) in [6, 6.07) is 5.58. The molecule has 1 aromatic carbocycles. The van der Waals surface area contributed by atoms with Crippen molar-refractivity contribution in [1.82, 2.24) is 0 Å². The van der Waals surface area contributed by atoms with Crippen LogP contribution in [0.5, 0.6) is 11.5 Å². The lowest BCUT2D eigenvalue weighted by atomic mass is 10.0. The monoisotopic (exact) mass is 264 g/mol. The summed E-state index contributed by atoms with van der Waals surface area (Å²) in [6.07, 6.45) is 3.10. The van der Waals surface area contributed by atoms with Gasteiger partial charge in [0.15, 0.2) is 11.5 Å². The molecule has 0 aromatic heterocycles. The molecule has 1 aliphatic heterocycles. The highest BCUT2D eigenvalue weighted by Gasteiger charge is 2.19. The minimum absolute atomic E-state index is 0.118. The zero-order valence-electron chi connectivity index (χ0n) is 11.5. The van der Waals surface area contributed by atoms with Gasteiger partial charge in [-0.2, -0.15) is 0 Å². The molecule has 2 rings (SSSR count). The standard InChI is InChI=1S/C15H20O4/c1-17-14-6-5-11(9-15(14)18-2)8-12(16)10-13-4-3-7-19-13/h5-6,9,13H,3-4,7-8,10H2,1-2H3. The maximum Gasteiger partial charge on any atom is 0.161 e. The smallest absolute Gasteiger partial charge is 0.161 e. The lowest BCUT2D eigenvalue weighted by Gasteiger charge is -2.10. The Morgan fingerprint density at radius 2 is 2.11 bits per heavy atom. The fourth-order valence-corrected chi connectivity index (χ4v) is 2.35. The summed E-state index contributed by atoms with van der Waals surface area (Å²) in [5, 5.41) is 0. The van der Waals surface area contributed by atoms with Crippen molar-refractivity contribution in [1.29, 1.82) is 0 Å². The zero-order valence-corrected chi connectivity index (χ0v) is 11.5. The van der Waals surface area contributed by atoms with E-state index in [9.17, 15) is 4.79 Å². The first-order valence-corrected chi connectivity index (χ1v) is 6.57. The Labute approximate surface area is 113 Å². The zero-order chi connectivity index (χ0) is 13.7. The van der Waals surface area contributed by atoms with Crippen molar-refractivity contribution in [3.63, 3.8) is 0 Å². The first-order chi connectivity index (χ1) is 9.22. The maximum absolute atomic E-state index is 12.0. The Balaban J connectivity index is 1.96. The Hall–Kier alpha value is -1.55. The van der Waals surface area contributed by atoms with Gasteiger partial charge in [0.2, 0.25) is 0 Å². The molecule has 19 heavy (non-hydrogen) atoms. The molecule has 0 radical (unpaired) electrons. The molecule has 1 saturated heterocycles. The van der Waals surface area contributed by atoms with E-state index in [1.54, 1.807) is 14.2 Å². The van der Waals surface area contributed by atoms with Gasteiger partial charge in [0.25, 0.3) is 0 Å². The molecule has 104 valence electrons. The Morgan fingerprint density at radius 1 is 1.32 bits per heavy atom. The molecule has 1 atom stereocenters. The van der Waals surface area contributed by atoms with E-state index in [0.717, 1.165) is 25.0 Å². The van der Waals surface area contributed by atoms with Crippen LogP contribution in [0.25, 0.3) is 0 Å². The third kappa shape index (κ3) is 3.70. The second-order valence-electron chi connectivity index (χ2n) is 4.74. The van der Waals surface area contributed by atoms with Gasteiger partial charge in [-0.15, -0.1) is 0 Å². The predicted molar refractivity (Wildman–Crippen MR) is 71.8 cm³/mol. The van der Waals surface area contributed by atoms with Gasteiger partial charge in [-0.05, 0) is 30.5 Å². The summed E-state index contributed by atoms with van der Waals surface area (Å²) in [5.74, 6) is 1.54. The molecule has 1 fully saturated rings. The van der Waals surface area contributed by atoms with Crippen molar-refractivity contribution in [3.8, 4) is 11.5 Å². The minimum Gasteiger partial charge on any atom is -0.493 e. The van der Waals surface area contributed by atoms with Crippen LogP contribution in [0.3, 0.4) is 0 Å². The maximum atomic E-state index is 12.0. The highest BCUT2D eigenvalue weighted by molar-refractivity contribution is 5.81. The fourth-order valence-electron chi connectivity index (χ4n) is 2.35. The second-order valence-corrected chi connectivity index (χ2v) is 4.74. The average Bonchev–Trinajstić information content (AvgIpc) is 2.91. The molecular weight excluding hydrogens is 244 g/mol. The molecule has 0 N–H and O–H groups in total. The van der Waals surface area contributed by atoms with Crippen LogP contribution in [0.2, 0.25) is 0 Å². The minimum atomic E-state index is 0.118. The van der Waals surface area contributed by atoms with Crippen molar-refractivity contribution in [2.75, 3.05) is 20.8 Å². The van der Waals surface area contributed by atoms with E-state index < -0.39 is 0 Å². The van der Waals surface area contributed by atoms with Gasteiger partial charge in [0, 0.05) is 19.4 Å². The Kier molecular flexibility index (Phi) is 4.80. The number of hydrogen-bond donors (Lipinski definition) is 0. The molecule has 0 bridgehead atoms. The fraction of sp³-hybridized carbons (Fsp3) is 0.533. The normalized spacial score (nSPS) is 18.3. The second kappa shape index (κ2) is 6.57. The van der Waals surface area contributed by atoms with Gasteiger partial charge >= 0.3 is 0 Å². The van der Waals surface area contributed by atoms with Crippen LogP contribution < -0.4 is 9.47 Å². The highest BCUT2D eigenvalue weighted by Crippen LogP contribution is 2.28. The number of ether oxygens (including phenoxy) is 3. The molecule has 0 aliphatic carbocycles. The van der Waals surface area contributed by atoms with Gasteiger partial charge in [0.05, 0.1) is 20.3 Å². The van der Waals surface area contributed by atoms with E-state index in [4.69, 9.17) is 14.2 Å². The summed E-state index contributed by atoms with van der Waals surface area (Å²) in [7, 11) is 3.19. The van der Waals surface area contributed by atoms with E-state index in [2.05, 4.69) is 0 Å². The lowest BCUT2D eigenvalue weighted by molar-refractivity contribution is -0.120. The summed E-state index contributed by atoms with van der Waals surface area (Å²) in [4.78, 5) is 12.0. The molecule has 0 amide bonds. The van der Waals surface area contributed by atoms with Crippen molar-refractivity contribution in [3.05, 3.63) is 23.8 Å². The van der Waals surface area contributed by atoms with Crippen LogP contribution >= 0.6 is 0 Å². The molecule has 1 heterocycles. The van der Waals surface area contributed by atoms with Crippen LogP contribution in [0.4, 0.5) is 0 Å². The first-order valence-electron chi connectivity index (χ1n) is 6.57. The molecule has 0 saturated carbocycles. The highest BCUT2D eigenvalue weighted by atomic mass is 16.5. The number of ketones is 1. The van der Waals surface area contributed by atoms with Crippen LogP contribution in [0, 0.1) is 0 Å². The topological polar surface area (TPSA) is 44.8 Å². The van der Waals surface area contributed by atoms with E-state index in [0.29, 0.717) is 24.3 Å². The van der Waals surface area contributed by atoms with Crippen LogP contribution in [0.15, 0.2) is 18.2 Å². The predicted octanol–water partition coefficient (Wildman–Crippen LogP) is 2.38. The van der Waals surface area contributed by atoms with E-state index >= 15 is 0 Å². The van der Waals surface area contributed by atoms with E-state index in [-0.39, 0.29) is 11.9 Å². The number of hydrogen-bond acceptors (Lipinski definition) is 4. The van der Waals surface area contributed by atoms with Gasteiger partial charge in [-0.1, -0.05) is 6.07 Å². The third-order valence-electron chi connectivity index (χ3n) is 3.33. The van der Waals surface area contributed by atoms with Gasteiger partial charge in [-0.25, -0.2) is 0 Å². The van der Waals surface area contributed by atoms with Crippen molar-refractivity contribution < 1.29 is 19.0 Å². The molecule has 1 aromatic rings. The largest absolute Gasteiger partial charge is 0.493 e. The lowest BCUT2D eigenvalue weighted by Crippen LogP contribution is -2.14. The summed E-state index contributed by atoms with van der Waals surface area (Å²) >= 11 is 0. The average molecular weight is 264 g/mol. The number of rotatable bonds is 6. The molecule has 4 nitrogen and oxygen atoms in total. The number of methoxy groups -OCH3 is 2. The molecule has 1 aliphatic rings. The Morgan fingerprint density at radius 3 is 2.74 bits per heavy atom. The number of carbonyl (C=O) groups is 1. The van der Waals surface area contributed by atoms with Crippen LogP contribution in [-0.4, -0.2) is 32.7 Å². The van der Waals surface area contributed by atoms with E-state index in [1.165, 1.54) is 0 Å². The van der Waals surface area contributed by atoms with Gasteiger partial charge < -0.3 is 14.2 Å². The summed E-state index contributed by atoms with van der Waals surface area (Å²) in [5.41, 5.74) is 0.945. The number of benzene rings is 1. The Bertz CT molecular complexity index is 436.